The minimum Gasteiger partial charge on any atom is -0.372 e. The van der Waals surface area contributed by atoms with Crippen molar-refractivity contribution in [2.75, 3.05) is 23.3 Å². The van der Waals surface area contributed by atoms with E-state index in [1.165, 1.54) is 36.3 Å². The number of hydrogen-bond donors (Lipinski definition) is 1. The fourth-order valence-electron chi connectivity index (χ4n) is 2.78. The highest BCUT2D eigenvalue weighted by Crippen LogP contribution is 2.29. The van der Waals surface area contributed by atoms with Gasteiger partial charge in [0.1, 0.15) is 0 Å². The van der Waals surface area contributed by atoms with Crippen molar-refractivity contribution in [1.29, 1.82) is 0 Å². The first-order valence-corrected chi connectivity index (χ1v) is 8.18. The Morgan fingerprint density at radius 1 is 0.952 bits per heavy atom. The summed E-state index contributed by atoms with van der Waals surface area (Å²) in [6.45, 7) is 2.37. The van der Waals surface area contributed by atoms with E-state index in [4.69, 9.17) is 0 Å². The second kappa shape index (κ2) is 5.37. The molecule has 1 N–H and O–H groups in total. The first kappa shape index (κ1) is 12.7. The fraction of sp³-hybridized carbons (Fsp3) is 0.235. The van der Waals surface area contributed by atoms with Gasteiger partial charge in [-0.15, -0.1) is 0 Å². The Bertz CT molecular complexity index is 709. The molecule has 0 spiro atoms. The van der Waals surface area contributed by atoms with E-state index in [9.17, 15) is 0 Å². The molecule has 2 heterocycles. The molecule has 3 aromatic rings. The highest BCUT2D eigenvalue weighted by Gasteiger charge is 2.12. The van der Waals surface area contributed by atoms with Crippen molar-refractivity contribution in [2.45, 2.75) is 12.8 Å². The van der Waals surface area contributed by atoms with Crippen molar-refractivity contribution in [3.8, 4) is 0 Å². The smallest absolute Gasteiger partial charge is 0.188 e. The van der Waals surface area contributed by atoms with Gasteiger partial charge in [-0.2, -0.15) is 0 Å². The summed E-state index contributed by atoms with van der Waals surface area (Å²) in [5.41, 5.74) is 3.47. The average Bonchev–Trinajstić information content (AvgIpc) is 3.17. The van der Waals surface area contributed by atoms with Gasteiger partial charge in [-0.1, -0.05) is 23.5 Å². The minimum absolute atomic E-state index is 0.949. The molecule has 106 valence electrons. The maximum Gasteiger partial charge on any atom is 0.188 e. The largest absolute Gasteiger partial charge is 0.372 e. The molecule has 1 saturated heterocycles. The van der Waals surface area contributed by atoms with Gasteiger partial charge in [-0.05, 0) is 49.2 Å². The summed E-state index contributed by atoms with van der Waals surface area (Å²) in [4.78, 5) is 7.05. The summed E-state index contributed by atoms with van der Waals surface area (Å²) in [7, 11) is 0. The molecule has 21 heavy (non-hydrogen) atoms. The highest BCUT2D eigenvalue weighted by molar-refractivity contribution is 7.22. The van der Waals surface area contributed by atoms with Gasteiger partial charge < -0.3 is 10.2 Å². The standard InChI is InChI=1S/C17H17N3S/c1-2-6-16-15(5-1)19-17(21-16)18-13-7-9-14(10-8-13)20-11-3-4-12-20/h1-2,5-10H,3-4,11-12H2,(H,18,19). The van der Waals surface area contributed by atoms with Crippen LogP contribution in [0.3, 0.4) is 0 Å². The summed E-state index contributed by atoms with van der Waals surface area (Å²) < 4.78 is 1.22. The van der Waals surface area contributed by atoms with Gasteiger partial charge >= 0.3 is 0 Å². The molecule has 0 amide bonds. The third-order valence-corrected chi connectivity index (χ3v) is 4.84. The van der Waals surface area contributed by atoms with Crippen LogP contribution < -0.4 is 10.2 Å². The zero-order valence-corrected chi connectivity index (χ0v) is 12.6. The Labute approximate surface area is 128 Å². The van der Waals surface area contributed by atoms with Crippen molar-refractivity contribution in [3.63, 3.8) is 0 Å². The topological polar surface area (TPSA) is 28.2 Å². The number of hydrogen-bond acceptors (Lipinski definition) is 4. The Hall–Kier alpha value is -2.07. The SMILES string of the molecule is c1ccc2sc(Nc3ccc(N4CCCC4)cc3)nc2c1. The predicted molar refractivity (Wildman–Crippen MR) is 90.8 cm³/mol. The van der Waals surface area contributed by atoms with Gasteiger partial charge in [0, 0.05) is 24.5 Å². The van der Waals surface area contributed by atoms with E-state index in [1.54, 1.807) is 11.3 Å². The summed E-state index contributed by atoms with van der Waals surface area (Å²) >= 11 is 1.69. The molecule has 1 aliphatic heterocycles. The Morgan fingerprint density at radius 3 is 2.48 bits per heavy atom. The quantitative estimate of drug-likeness (QED) is 0.763. The third kappa shape index (κ3) is 2.59. The molecule has 0 aliphatic carbocycles. The van der Waals surface area contributed by atoms with Crippen molar-refractivity contribution < 1.29 is 0 Å². The molecular weight excluding hydrogens is 278 g/mol. The number of fused-ring (bicyclic) bond motifs is 1. The molecule has 0 radical (unpaired) electrons. The van der Waals surface area contributed by atoms with Crippen molar-refractivity contribution in [2.24, 2.45) is 0 Å². The average molecular weight is 295 g/mol. The Balaban J connectivity index is 1.53. The van der Waals surface area contributed by atoms with Crippen LogP contribution in [0.25, 0.3) is 10.2 Å². The van der Waals surface area contributed by atoms with Crippen molar-refractivity contribution >= 4 is 38.1 Å². The van der Waals surface area contributed by atoms with E-state index < -0.39 is 0 Å². The van der Waals surface area contributed by atoms with Gasteiger partial charge in [0.25, 0.3) is 0 Å². The maximum absolute atomic E-state index is 4.60. The van der Waals surface area contributed by atoms with Crippen LogP contribution in [-0.2, 0) is 0 Å². The van der Waals surface area contributed by atoms with E-state index in [2.05, 4.69) is 51.6 Å². The highest BCUT2D eigenvalue weighted by atomic mass is 32.1. The Kier molecular flexibility index (Phi) is 3.24. The van der Waals surface area contributed by atoms with E-state index in [0.29, 0.717) is 0 Å². The lowest BCUT2D eigenvalue weighted by Gasteiger charge is -2.17. The molecular formula is C17H17N3S. The summed E-state index contributed by atoms with van der Waals surface area (Å²) in [6, 6.07) is 16.9. The van der Waals surface area contributed by atoms with E-state index in [1.807, 2.05) is 12.1 Å². The molecule has 0 bridgehead atoms. The number of aromatic nitrogens is 1. The van der Waals surface area contributed by atoms with Crippen LogP contribution in [-0.4, -0.2) is 18.1 Å². The zero-order chi connectivity index (χ0) is 14.1. The summed E-state index contributed by atoms with van der Waals surface area (Å²) in [6.07, 6.45) is 2.62. The molecule has 1 aromatic heterocycles. The van der Waals surface area contributed by atoms with Crippen LogP contribution in [0.2, 0.25) is 0 Å². The molecule has 4 heteroatoms. The molecule has 4 rings (SSSR count). The molecule has 0 saturated carbocycles. The number of anilines is 3. The van der Waals surface area contributed by atoms with E-state index >= 15 is 0 Å². The number of benzene rings is 2. The predicted octanol–water partition coefficient (Wildman–Crippen LogP) is 4.64. The van der Waals surface area contributed by atoms with Gasteiger partial charge in [-0.25, -0.2) is 4.98 Å². The van der Waals surface area contributed by atoms with E-state index in [-0.39, 0.29) is 0 Å². The van der Waals surface area contributed by atoms with Crippen LogP contribution >= 0.6 is 11.3 Å². The van der Waals surface area contributed by atoms with Gasteiger partial charge in [0.2, 0.25) is 0 Å². The van der Waals surface area contributed by atoms with Crippen LogP contribution in [0.4, 0.5) is 16.5 Å². The lowest BCUT2D eigenvalue weighted by atomic mass is 10.2. The van der Waals surface area contributed by atoms with Crippen molar-refractivity contribution in [1.82, 2.24) is 4.98 Å². The lowest BCUT2D eigenvalue weighted by Crippen LogP contribution is -2.17. The Morgan fingerprint density at radius 2 is 1.71 bits per heavy atom. The van der Waals surface area contributed by atoms with Crippen LogP contribution in [0.15, 0.2) is 48.5 Å². The lowest BCUT2D eigenvalue weighted by molar-refractivity contribution is 0.949. The normalized spacial score (nSPS) is 14.8. The number of rotatable bonds is 3. The minimum atomic E-state index is 0.949. The monoisotopic (exact) mass is 295 g/mol. The third-order valence-electron chi connectivity index (χ3n) is 3.88. The molecule has 0 unspecified atom stereocenters. The second-order valence-electron chi connectivity index (χ2n) is 5.35. The van der Waals surface area contributed by atoms with Gasteiger partial charge in [-0.3, -0.25) is 0 Å². The number of nitrogens with zero attached hydrogens (tertiary/aromatic N) is 2. The van der Waals surface area contributed by atoms with Crippen LogP contribution in [0, 0.1) is 0 Å². The number of para-hydroxylation sites is 1. The molecule has 3 nitrogen and oxygen atoms in total. The number of thiazole rings is 1. The van der Waals surface area contributed by atoms with Crippen LogP contribution in [0.1, 0.15) is 12.8 Å². The fourth-order valence-corrected chi connectivity index (χ4v) is 3.67. The van der Waals surface area contributed by atoms with Crippen molar-refractivity contribution in [3.05, 3.63) is 48.5 Å². The second-order valence-corrected chi connectivity index (χ2v) is 6.38. The zero-order valence-electron chi connectivity index (χ0n) is 11.7. The summed E-state index contributed by atoms with van der Waals surface area (Å²) in [5, 5.41) is 4.35. The van der Waals surface area contributed by atoms with Crippen LogP contribution in [0.5, 0.6) is 0 Å². The molecule has 1 aliphatic rings. The maximum atomic E-state index is 4.60. The van der Waals surface area contributed by atoms with Gasteiger partial charge in [0.15, 0.2) is 5.13 Å². The molecule has 1 fully saturated rings. The van der Waals surface area contributed by atoms with Gasteiger partial charge in [0.05, 0.1) is 10.2 Å². The van der Waals surface area contributed by atoms with E-state index in [0.717, 1.165) is 16.3 Å². The first-order chi connectivity index (χ1) is 10.4. The molecule has 0 atom stereocenters. The first-order valence-electron chi connectivity index (χ1n) is 7.36. The summed E-state index contributed by atoms with van der Waals surface area (Å²) in [5.74, 6) is 0. The number of nitrogens with one attached hydrogen (secondary N) is 1. The molecule has 2 aromatic carbocycles.